The standard InChI is InChI=1S/C12H11ClFNO3S2/c1-7-5-11(19-10(7)6-16)20(17,18)15-9-4-2-3-8(13)12(9)14/h2-5,15-16H,6H2,1H3. The number of sulfonamides is 1. The van der Waals surface area contributed by atoms with Gasteiger partial charge in [0.15, 0.2) is 5.82 Å². The Balaban J connectivity index is 2.38. The van der Waals surface area contributed by atoms with Gasteiger partial charge in [-0.3, -0.25) is 4.72 Å². The Labute approximate surface area is 124 Å². The van der Waals surface area contributed by atoms with E-state index in [1.165, 1.54) is 24.3 Å². The van der Waals surface area contributed by atoms with E-state index in [-0.39, 0.29) is 21.5 Å². The quantitative estimate of drug-likeness (QED) is 0.902. The van der Waals surface area contributed by atoms with E-state index in [0.717, 1.165) is 11.3 Å². The molecule has 0 bridgehead atoms. The van der Waals surface area contributed by atoms with Crippen LogP contribution >= 0.6 is 22.9 Å². The van der Waals surface area contributed by atoms with Gasteiger partial charge in [0.2, 0.25) is 0 Å². The van der Waals surface area contributed by atoms with E-state index >= 15 is 0 Å². The normalized spacial score (nSPS) is 11.6. The van der Waals surface area contributed by atoms with Crippen LogP contribution in [0, 0.1) is 12.7 Å². The highest BCUT2D eigenvalue weighted by molar-refractivity contribution is 7.94. The molecule has 0 atom stereocenters. The molecule has 0 amide bonds. The van der Waals surface area contributed by atoms with Crippen molar-refractivity contribution in [3.8, 4) is 0 Å². The summed E-state index contributed by atoms with van der Waals surface area (Å²) in [6.45, 7) is 1.46. The third-order valence-electron chi connectivity index (χ3n) is 2.60. The second kappa shape index (κ2) is 5.69. The molecule has 0 radical (unpaired) electrons. The van der Waals surface area contributed by atoms with Crippen molar-refractivity contribution in [3.63, 3.8) is 0 Å². The molecule has 8 heteroatoms. The van der Waals surface area contributed by atoms with Gasteiger partial charge in [-0.25, -0.2) is 12.8 Å². The fraction of sp³-hybridized carbons (Fsp3) is 0.167. The van der Waals surface area contributed by atoms with Gasteiger partial charge in [-0.15, -0.1) is 11.3 Å². The Kier molecular flexibility index (Phi) is 4.33. The van der Waals surface area contributed by atoms with Gasteiger partial charge >= 0.3 is 0 Å². The van der Waals surface area contributed by atoms with Gasteiger partial charge < -0.3 is 5.11 Å². The van der Waals surface area contributed by atoms with Gasteiger partial charge in [0.1, 0.15) is 4.21 Å². The fourth-order valence-electron chi connectivity index (χ4n) is 1.56. The second-order valence-electron chi connectivity index (χ2n) is 4.04. The van der Waals surface area contributed by atoms with Crippen LogP contribution in [0.15, 0.2) is 28.5 Å². The number of aliphatic hydroxyl groups excluding tert-OH is 1. The topological polar surface area (TPSA) is 66.4 Å². The summed E-state index contributed by atoms with van der Waals surface area (Å²) in [5.74, 6) is -0.826. The number of hydrogen-bond acceptors (Lipinski definition) is 4. The number of thiophene rings is 1. The molecule has 4 nitrogen and oxygen atoms in total. The van der Waals surface area contributed by atoms with Gasteiger partial charge in [0.25, 0.3) is 10.0 Å². The third kappa shape index (κ3) is 2.95. The highest BCUT2D eigenvalue weighted by Crippen LogP contribution is 2.29. The van der Waals surface area contributed by atoms with Crippen molar-refractivity contribution in [2.24, 2.45) is 0 Å². The summed E-state index contributed by atoms with van der Waals surface area (Å²) in [6.07, 6.45) is 0. The SMILES string of the molecule is Cc1cc(S(=O)(=O)Nc2cccc(Cl)c2F)sc1CO. The van der Waals surface area contributed by atoms with Crippen LogP contribution in [0.5, 0.6) is 0 Å². The summed E-state index contributed by atoms with van der Waals surface area (Å²) >= 11 is 6.54. The van der Waals surface area contributed by atoms with Crippen LogP contribution in [0.1, 0.15) is 10.4 Å². The number of hydrogen-bond donors (Lipinski definition) is 2. The summed E-state index contributed by atoms with van der Waals surface area (Å²) in [6, 6.07) is 5.49. The largest absolute Gasteiger partial charge is 0.391 e. The molecule has 108 valence electrons. The Morgan fingerprint density at radius 2 is 2.15 bits per heavy atom. The maximum absolute atomic E-state index is 13.7. The lowest BCUT2D eigenvalue weighted by Gasteiger charge is -2.07. The van der Waals surface area contributed by atoms with Gasteiger partial charge in [0, 0.05) is 4.88 Å². The van der Waals surface area contributed by atoms with Crippen LogP contribution in [-0.2, 0) is 16.6 Å². The smallest absolute Gasteiger partial charge is 0.271 e. The van der Waals surface area contributed by atoms with E-state index in [2.05, 4.69) is 4.72 Å². The predicted octanol–water partition coefficient (Wildman–Crippen LogP) is 3.14. The molecule has 1 heterocycles. The minimum absolute atomic E-state index is 0.0124. The van der Waals surface area contributed by atoms with E-state index in [1.807, 2.05) is 0 Å². The first-order chi connectivity index (χ1) is 9.35. The molecule has 2 N–H and O–H groups in total. The van der Waals surface area contributed by atoms with Crippen LogP contribution in [0.3, 0.4) is 0 Å². The first-order valence-corrected chi connectivity index (χ1v) is 8.20. The summed E-state index contributed by atoms with van der Waals surface area (Å²) in [7, 11) is -3.91. The molecule has 2 rings (SSSR count). The van der Waals surface area contributed by atoms with Crippen molar-refractivity contribution in [2.45, 2.75) is 17.7 Å². The molecule has 2 aromatic rings. The minimum atomic E-state index is -3.91. The average molecular weight is 336 g/mol. The molecule has 0 aliphatic rings. The van der Waals surface area contributed by atoms with Crippen molar-refractivity contribution < 1.29 is 17.9 Å². The first-order valence-electron chi connectivity index (χ1n) is 5.52. The second-order valence-corrected chi connectivity index (χ2v) is 7.49. The van der Waals surface area contributed by atoms with Crippen molar-refractivity contribution in [3.05, 3.63) is 45.5 Å². The Morgan fingerprint density at radius 3 is 2.75 bits per heavy atom. The van der Waals surface area contributed by atoms with Crippen LogP contribution in [-0.4, -0.2) is 13.5 Å². The van der Waals surface area contributed by atoms with Gasteiger partial charge in [-0.2, -0.15) is 0 Å². The number of aliphatic hydroxyl groups is 1. The number of anilines is 1. The lowest BCUT2D eigenvalue weighted by molar-refractivity contribution is 0.285. The van der Waals surface area contributed by atoms with Crippen LogP contribution in [0.4, 0.5) is 10.1 Å². The molecule has 1 aromatic carbocycles. The van der Waals surface area contributed by atoms with Crippen molar-refractivity contribution in [1.29, 1.82) is 0 Å². The summed E-state index contributed by atoms with van der Waals surface area (Å²) in [4.78, 5) is 0.553. The lowest BCUT2D eigenvalue weighted by atomic mass is 10.3. The molecule has 0 saturated heterocycles. The number of nitrogens with one attached hydrogen (secondary N) is 1. The highest BCUT2D eigenvalue weighted by Gasteiger charge is 2.20. The molecule has 1 aromatic heterocycles. The minimum Gasteiger partial charge on any atom is -0.391 e. The Bertz CT molecular complexity index is 743. The molecular formula is C12H11ClFNO3S2. The van der Waals surface area contributed by atoms with Crippen LogP contribution in [0.25, 0.3) is 0 Å². The molecule has 20 heavy (non-hydrogen) atoms. The zero-order chi connectivity index (χ0) is 14.9. The van der Waals surface area contributed by atoms with Crippen LogP contribution in [0.2, 0.25) is 5.02 Å². The highest BCUT2D eigenvalue weighted by atomic mass is 35.5. The lowest BCUT2D eigenvalue weighted by Crippen LogP contribution is -2.12. The van der Waals surface area contributed by atoms with Crippen molar-refractivity contribution >= 4 is 38.6 Å². The molecule has 0 aliphatic heterocycles. The fourth-order valence-corrected chi connectivity index (χ4v) is 4.24. The van der Waals surface area contributed by atoms with Gasteiger partial charge in [0.05, 0.1) is 17.3 Å². The zero-order valence-electron chi connectivity index (χ0n) is 10.4. The molecule has 0 spiro atoms. The van der Waals surface area contributed by atoms with E-state index in [4.69, 9.17) is 16.7 Å². The van der Waals surface area contributed by atoms with E-state index in [1.54, 1.807) is 6.92 Å². The van der Waals surface area contributed by atoms with E-state index < -0.39 is 15.8 Å². The van der Waals surface area contributed by atoms with Crippen molar-refractivity contribution in [2.75, 3.05) is 4.72 Å². The average Bonchev–Trinajstić information content (AvgIpc) is 2.77. The summed E-state index contributed by atoms with van der Waals surface area (Å²) < 4.78 is 40.2. The third-order valence-corrected chi connectivity index (χ3v) is 5.96. The maximum atomic E-state index is 13.7. The van der Waals surface area contributed by atoms with E-state index in [9.17, 15) is 12.8 Å². The maximum Gasteiger partial charge on any atom is 0.271 e. The number of rotatable bonds is 4. The Hall–Kier alpha value is -1.15. The van der Waals surface area contributed by atoms with Crippen molar-refractivity contribution in [1.82, 2.24) is 0 Å². The van der Waals surface area contributed by atoms with E-state index in [0.29, 0.717) is 10.4 Å². The van der Waals surface area contributed by atoms with Gasteiger partial charge in [-0.1, -0.05) is 17.7 Å². The number of aryl methyl sites for hydroxylation is 1. The van der Waals surface area contributed by atoms with Crippen LogP contribution < -0.4 is 4.72 Å². The number of benzene rings is 1. The molecule has 0 saturated carbocycles. The summed E-state index contributed by atoms with van der Waals surface area (Å²) in [5, 5.41) is 8.92. The predicted molar refractivity (Wildman–Crippen MR) is 77.2 cm³/mol. The van der Waals surface area contributed by atoms with Gasteiger partial charge in [-0.05, 0) is 30.7 Å². The molecule has 0 unspecified atom stereocenters. The first kappa shape index (κ1) is 15.2. The number of halogens is 2. The summed E-state index contributed by atoms with van der Waals surface area (Å²) in [5.41, 5.74) is 0.457. The molecule has 0 aliphatic carbocycles. The molecule has 0 fully saturated rings. The zero-order valence-corrected chi connectivity index (χ0v) is 12.7. The monoisotopic (exact) mass is 335 g/mol. The Morgan fingerprint density at radius 1 is 1.45 bits per heavy atom. The molecular weight excluding hydrogens is 325 g/mol.